The molecular weight excluding hydrogens is 452 g/mol. The van der Waals surface area contributed by atoms with Crippen LogP contribution >= 0.6 is 0 Å². The zero-order valence-electron chi connectivity index (χ0n) is 19.6. The topological polar surface area (TPSA) is 132 Å². The lowest BCUT2D eigenvalue weighted by Gasteiger charge is -2.22. The quantitative estimate of drug-likeness (QED) is 0.439. The van der Waals surface area contributed by atoms with Gasteiger partial charge in [0.2, 0.25) is 0 Å². The van der Waals surface area contributed by atoms with Gasteiger partial charge in [0.1, 0.15) is 6.04 Å². The van der Waals surface area contributed by atoms with Crippen molar-refractivity contribution < 1.29 is 34.2 Å². The van der Waals surface area contributed by atoms with E-state index in [1.54, 1.807) is 36.4 Å². The van der Waals surface area contributed by atoms with Gasteiger partial charge in [-0.25, -0.2) is 4.79 Å². The number of nitrogens with zero attached hydrogens (tertiary/aromatic N) is 2. The lowest BCUT2D eigenvalue weighted by Crippen LogP contribution is -2.44. The van der Waals surface area contributed by atoms with Gasteiger partial charge in [0.05, 0.1) is 22.3 Å². The Hall–Kier alpha value is -3.85. The molecule has 2 aromatic carbocycles. The molecule has 4 rings (SSSR count). The maximum atomic E-state index is 12.6. The lowest BCUT2D eigenvalue weighted by molar-refractivity contribution is -0.141. The van der Waals surface area contributed by atoms with Gasteiger partial charge in [0, 0.05) is 13.2 Å². The van der Waals surface area contributed by atoms with Crippen LogP contribution in [0.5, 0.6) is 0 Å². The molecule has 2 aliphatic rings. The number of aliphatic hydroxyl groups excluding tert-OH is 1. The van der Waals surface area contributed by atoms with E-state index < -0.39 is 23.8 Å². The predicted octanol–water partition coefficient (Wildman–Crippen LogP) is 2.84. The average Bonchev–Trinajstić information content (AvgIpc) is 3.24. The Kier molecular flexibility index (Phi) is 8.14. The fraction of sp³-hybridized carbons (Fsp3) is 0.346. The fourth-order valence-corrected chi connectivity index (χ4v) is 3.90. The molecule has 0 saturated carbocycles. The molecule has 0 spiro atoms. The fourth-order valence-electron chi connectivity index (χ4n) is 3.90. The number of fused-ring (bicyclic) bond motifs is 2. The normalized spacial score (nSPS) is 15.2. The van der Waals surface area contributed by atoms with Gasteiger partial charge in [-0.2, -0.15) is 0 Å². The molecule has 0 bridgehead atoms. The van der Waals surface area contributed by atoms with E-state index in [-0.39, 0.29) is 35.9 Å². The number of carbonyl (C=O) groups excluding carboxylic acids is 4. The summed E-state index contributed by atoms with van der Waals surface area (Å²) in [7, 11) is 0. The van der Waals surface area contributed by atoms with E-state index in [1.165, 1.54) is 12.1 Å². The number of carboxylic acid groups (broad SMARTS) is 1. The van der Waals surface area contributed by atoms with Gasteiger partial charge in [-0.1, -0.05) is 38.1 Å². The van der Waals surface area contributed by atoms with Gasteiger partial charge >= 0.3 is 5.97 Å². The molecule has 0 radical (unpaired) electrons. The number of amides is 4. The Morgan fingerprint density at radius 1 is 0.771 bits per heavy atom. The van der Waals surface area contributed by atoms with E-state index in [9.17, 15) is 29.1 Å². The van der Waals surface area contributed by atoms with Gasteiger partial charge in [0.15, 0.2) is 0 Å². The Morgan fingerprint density at radius 2 is 1.17 bits per heavy atom. The summed E-state index contributed by atoms with van der Waals surface area (Å²) in [5, 5.41) is 17.7. The summed E-state index contributed by atoms with van der Waals surface area (Å²) in [6.45, 7) is 4.39. The van der Waals surface area contributed by atoms with Crippen molar-refractivity contribution in [2.24, 2.45) is 5.92 Å². The minimum Gasteiger partial charge on any atom is -0.480 e. The molecule has 0 fully saturated rings. The highest BCUT2D eigenvalue weighted by atomic mass is 16.4. The highest BCUT2D eigenvalue weighted by Crippen LogP contribution is 2.27. The zero-order valence-corrected chi connectivity index (χ0v) is 19.6. The highest BCUT2D eigenvalue weighted by Gasteiger charge is 2.42. The standard InChI is InChI=1S/C22H18N2O6.C4H10O/c25-18-13-7-1-2-8-14(13)19(26)23(18)12-6-5-11-17(22(29)30)24-20(27)15-9-3-4-10-16(15)21(24)28;1-4(2)3-5/h1-4,7-10,17H,5-6,11-12H2,(H,29,30);4-5H,3H2,1-2H3. The molecule has 0 aliphatic carbocycles. The van der Waals surface area contributed by atoms with Crippen LogP contribution in [0.1, 0.15) is 74.5 Å². The Bertz CT molecular complexity index is 1090. The van der Waals surface area contributed by atoms with Crippen LogP contribution in [0.3, 0.4) is 0 Å². The first kappa shape index (κ1) is 25.8. The summed E-state index contributed by atoms with van der Waals surface area (Å²) in [4.78, 5) is 63.6. The van der Waals surface area contributed by atoms with Crippen molar-refractivity contribution in [3.63, 3.8) is 0 Å². The first-order valence-corrected chi connectivity index (χ1v) is 11.4. The average molecular weight is 481 g/mol. The molecular formula is C26H28N2O7. The molecule has 2 aliphatic heterocycles. The summed E-state index contributed by atoms with van der Waals surface area (Å²) >= 11 is 0. The van der Waals surface area contributed by atoms with E-state index in [4.69, 9.17) is 5.11 Å². The van der Waals surface area contributed by atoms with Crippen LogP contribution in [-0.4, -0.2) is 68.8 Å². The number of aliphatic carboxylic acids is 1. The van der Waals surface area contributed by atoms with Gasteiger partial charge in [-0.15, -0.1) is 0 Å². The number of hydrogen-bond donors (Lipinski definition) is 2. The Morgan fingerprint density at radius 3 is 1.54 bits per heavy atom. The molecule has 9 heteroatoms. The Labute approximate surface area is 203 Å². The molecule has 2 aromatic rings. The number of benzene rings is 2. The largest absolute Gasteiger partial charge is 0.480 e. The van der Waals surface area contributed by atoms with Crippen LogP contribution in [0, 0.1) is 5.92 Å². The van der Waals surface area contributed by atoms with Crippen molar-refractivity contribution in [2.45, 2.75) is 39.2 Å². The summed E-state index contributed by atoms with van der Waals surface area (Å²) in [6.07, 6.45) is 0.708. The first-order valence-electron chi connectivity index (χ1n) is 11.4. The summed E-state index contributed by atoms with van der Waals surface area (Å²) in [5.74, 6) is -2.82. The maximum absolute atomic E-state index is 12.6. The van der Waals surface area contributed by atoms with Crippen LogP contribution in [0.25, 0.3) is 0 Å². The van der Waals surface area contributed by atoms with Crippen LogP contribution in [-0.2, 0) is 4.79 Å². The number of imide groups is 2. The molecule has 9 nitrogen and oxygen atoms in total. The van der Waals surface area contributed by atoms with Crippen molar-refractivity contribution in [1.29, 1.82) is 0 Å². The predicted molar refractivity (Wildman–Crippen MR) is 126 cm³/mol. The van der Waals surface area contributed by atoms with Gasteiger partial charge in [0.25, 0.3) is 23.6 Å². The highest BCUT2D eigenvalue weighted by molar-refractivity contribution is 6.23. The van der Waals surface area contributed by atoms with Gasteiger partial charge in [-0.3, -0.25) is 29.0 Å². The second kappa shape index (κ2) is 11.1. The molecule has 0 aromatic heterocycles. The summed E-state index contributed by atoms with van der Waals surface area (Å²) in [6, 6.07) is 11.5. The van der Waals surface area contributed by atoms with Crippen LogP contribution < -0.4 is 0 Å². The van der Waals surface area contributed by atoms with Gasteiger partial charge < -0.3 is 10.2 Å². The number of carboxylic acids is 1. The van der Waals surface area contributed by atoms with E-state index in [2.05, 4.69) is 0 Å². The summed E-state index contributed by atoms with van der Waals surface area (Å²) < 4.78 is 0. The molecule has 35 heavy (non-hydrogen) atoms. The van der Waals surface area contributed by atoms with Crippen molar-refractivity contribution in [2.75, 3.05) is 13.2 Å². The number of rotatable bonds is 8. The third-order valence-corrected chi connectivity index (χ3v) is 5.77. The van der Waals surface area contributed by atoms with E-state index in [1.807, 2.05) is 13.8 Å². The van der Waals surface area contributed by atoms with Crippen LogP contribution in [0.4, 0.5) is 0 Å². The van der Waals surface area contributed by atoms with E-state index in [0.717, 1.165) is 9.80 Å². The third kappa shape index (κ3) is 5.30. The minimum atomic E-state index is -1.31. The third-order valence-electron chi connectivity index (χ3n) is 5.77. The molecule has 2 heterocycles. The molecule has 2 N–H and O–H groups in total. The van der Waals surface area contributed by atoms with Crippen molar-refractivity contribution in [1.82, 2.24) is 9.80 Å². The summed E-state index contributed by atoms with van der Waals surface area (Å²) in [5.41, 5.74) is 1.11. The van der Waals surface area contributed by atoms with Crippen molar-refractivity contribution in [3.8, 4) is 0 Å². The number of aliphatic hydroxyl groups is 1. The zero-order chi connectivity index (χ0) is 25.7. The molecule has 184 valence electrons. The maximum Gasteiger partial charge on any atom is 0.326 e. The molecule has 4 amide bonds. The van der Waals surface area contributed by atoms with Gasteiger partial charge in [-0.05, 0) is 49.4 Å². The first-order chi connectivity index (χ1) is 16.7. The second-order valence-corrected chi connectivity index (χ2v) is 8.76. The van der Waals surface area contributed by atoms with E-state index in [0.29, 0.717) is 36.5 Å². The Balaban J connectivity index is 0.000000623. The molecule has 1 unspecified atom stereocenters. The van der Waals surface area contributed by atoms with Crippen LogP contribution in [0.15, 0.2) is 48.5 Å². The monoisotopic (exact) mass is 480 g/mol. The number of carbonyl (C=O) groups is 5. The molecule has 0 saturated heterocycles. The minimum absolute atomic E-state index is 0.0317. The SMILES string of the molecule is CC(C)CO.O=C(O)C(CCCCN1C(=O)c2ccccc2C1=O)N1C(=O)c2ccccc2C1=O. The smallest absolute Gasteiger partial charge is 0.326 e. The second-order valence-electron chi connectivity index (χ2n) is 8.76. The molecule has 1 atom stereocenters. The van der Waals surface area contributed by atoms with Crippen molar-refractivity contribution in [3.05, 3.63) is 70.8 Å². The van der Waals surface area contributed by atoms with Crippen LogP contribution in [0.2, 0.25) is 0 Å². The van der Waals surface area contributed by atoms with E-state index >= 15 is 0 Å². The van der Waals surface area contributed by atoms with Crippen molar-refractivity contribution >= 4 is 29.6 Å². The lowest BCUT2D eigenvalue weighted by atomic mass is 10.1. The number of unbranched alkanes of at least 4 members (excludes halogenated alkanes) is 1. The number of hydrogen-bond acceptors (Lipinski definition) is 6.